The van der Waals surface area contributed by atoms with E-state index in [-0.39, 0.29) is 5.41 Å². The highest BCUT2D eigenvalue weighted by Gasteiger charge is 2.34. The Kier molecular flexibility index (Phi) is 5.73. The zero-order valence-corrected chi connectivity index (χ0v) is 13.6. The first-order valence-corrected chi connectivity index (χ1v) is 7.84. The molecule has 1 aromatic rings. The summed E-state index contributed by atoms with van der Waals surface area (Å²) in [5.74, 6) is 0. The van der Waals surface area contributed by atoms with Crippen LogP contribution in [0.4, 0.5) is 4.79 Å². The monoisotopic (exact) mass is 330 g/mol. The molecule has 1 aliphatic heterocycles. The van der Waals surface area contributed by atoms with Gasteiger partial charge in [-0.05, 0) is 43.5 Å². The lowest BCUT2D eigenvalue weighted by molar-refractivity contribution is 0.131. The van der Waals surface area contributed by atoms with Crippen molar-refractivity contribution in [1.82, 2.24) is 10.6 Å². The summed E-state index contributed by atoms with van der Waals surface area (Å²) in [6.07, 6.45) is 2.48. The van der Waals surface area contributed by atoms with Crippen molar-refractivity contribution in [2.75, 3.05) is 26.7 Å². The number of halogens is 2. The highest BCUT2D eigenvalue weighted by Crippen LogP contribution is 2.37. The van der Waals surface area contributed by atoms with Crippen LogP contribution in [0.2, 0.25) is 10.0 Å². The average Bonchev–Trinajstić information content (AvgIpc) is 2.50. The summed E-state index contributed by atoms with van der Waals surface area (Å²) in [7, 11) is 1.55. The van der Waals surface area contributed by atoms with E-state index in [2.05, 4.69) is 10.6 Å². The van der Waals surface area contributed by atoms with E-state index >= 15 is 0 Å². The van der Waals surface area contributed by atoms with Gasteiger partial charge in [-0.25, -0.2) is 4.79 Å². The van der Waals surface area contributed by atoms with Crippen molar-refractivity contribution in [3.05, 3.63) is 33.8 Å². The molecule has 0 radical (unpaired) electrons. The fraction of sp³-hybridized carbons (Fsp3) is 0.533. The first kappa shape index (κ1) is 16.4. The molecular formula is C15H20Cl2N2O2. The molecule has 1 saturated heterocycles. The quantitative estimate of drug-likeness (QED) is 0.889. The Labute approximate surface area is 135 Å². The fourth-order valence-corrected chi connectivity index (χ4v) is 3.11. The number of benzene rings is 1. The SMILES string of the molecule is CNC(=O)OCCC1(c2ccc(Cl)c(Cl)c2)CCCNC1. The standard InChI is InChI=1S/C15H20Cl2N2O2/c1-18-14(20)21-8-6-15(5-2-7-19-10-15)11-3-4-12(16)13(17)9-11/h3-4,9,19H,2,5-8,10H2,1H3,(H,18,20). The van der Waals surface area contributed by atoms with Crippen molar-refractivity contribution in [2.24, 2.45) is 0 Å². The van der Waals surface area contributed by atoms with Crippen LogP contribution in [0.15, 0.2) is 18.2 Å². The van der Waals surface area contributed by atoms with Crippen LogP contribution in [0, 0.1) is 0 Å². The molecule has 116 valence electrons. The molecule has 2 rings (SSSR count). The van der Waals surface area contributed by atoms with Crippen LogP contribution in [0.5, 0.6) is 0 Å². The zero-order valence-electron chi connectivity index (χ0n) is 12.0. The molecule has 0 aliphatic carbocycles. The lowest BCUT2D eigenvalue weighted by atomic mass is 9.72. The molecular weight excluding hydrogens is 311 g/mol. The third-order valence-electron chi connectivity index (χ3n) is 4.02. The van der Waals surface area contributed by atoms with E-state index in [1.54, 1.807) is 7.05 Å². The van der Waals surface area contributed by atoms with Gasteiger partial charge >= 0.3 is 6.09 Å². The van der Waals surface area contributed by atoms with Gasteiger partial charge < -0.3 is 15.4 Å². The van der Waals surface area contributed by atoms with Crippen molar-refractivity contribution in [1.29, 1.82) is 0 Å². The normalized spacial score (nSPS) is 21.9. The van der Waals surface area contributed by atoms with Gasteiger partial charge in [-0.2, -0.15) is 0 Å². The summed E-state index contributed by atoms with van der Waals surface area (Å²) < 4.78 is 5.16. The van der Waals surface area contributed by atoms with Crippen LogP contribution in [-0.4, -0.2) is 32.8 Å². The molecule has 2 N–H and O–H groups in total. The van der Waals surface area contributed by atoms with Gasteiger partial charge in [-0.3, -0.25) is 0 Å². The molecule has 4 nitrogen and oxygen atoms in total. The minimum atomic E-state index is -0.400. The van der Waals surface area contributed by atoms with E-state index in [4.69, 9.17) is 27.9 Å². The van der Waals surface area contributed by atoms with Crippen molar-refractivity contribution in [2.45, 2.75) is 24.7 Å². The molecule has 1 atom stereocenters. The summed E-state index contributed by atoms with van der Waals surface area (Å²) in [5, 5.41) is 7.00. The molecule has 1 amide bonds. The van der Waals surface area contributed by atoms with Crippen LogP contribution >= 0.6 is 23.2 Å². The maximum Gasteiger partial charge on any atom is 0.406 e. The number of ether oxygens (including phenoxy) is 1. The van der Waals surface area contributed by atoms with Gasteiger partial charge in [0.1, 0.15) is 0 Å². The Morgan fingerprint density at radius 2 is 2.24 bits per heavy atom. The Balaban J connectivity index is 2.15. The van der Waals surface area contributed by atoms with Crippen LogP contribution in [0.25, 0.3) is 0 Å². The van der Waals surface area contributed by atoms with Crippen molar-refractivity contribution in [3.63, 3.8) is 0 Å². The number of piperidine rings is 1. The molecule has 21 heavy (non-hydrogen) atoms. The zero-order chi connectivity index (χ0) is 15.3. The molecule has 1 aromatic carbocycles. The van der Waals surface area contributed by atoms with E-state index < -0.39 is 6.09 Å². The number of alkyl carbamates (subject to hydrolysis) is 1. The molecule has 1 aliphatic rings. The third-order valence-corrected chi connectivity index (χ3v) is 4.76. The minimum absolute atomic E-state index is 0.0689. The predicted octanol–water partition coefficient (Wildman–Crippen LogP) is 3.36. The minimum Gasteiger partial charge on any atom is -0.450 e. The second-order valence-corrected chi connectivity index (χ2v) is 6.14. The van der Waals surface area contributed by atoms with Crippen molar-refractivity contribution in [3.8, 4) is 0 Å². The highest BCUT2D eigenvalue weighted by atomic mass is 35.5. The van der Waals surface area contributed by atoms with Crippen molar-refractivity contribution < 1.29 is 9.53 Å². The maximum absolute atomic E-state index is 11.2. The number of hydrogen-bond acceptors (Lipinski definition) is 3. The lowest BCUT2D eigenvalue weighted by Crippen LogP contribution is -2.44. The van der Waals surface area contributed by atoms with Gasteiger partial charge in [0, 0.05) is 19.0 Å². The fourth-order valence-electron chi connectivity index (χ4n) is 2.81. The Bertz CT molecular complexity index is 502. The number of amides is 1. The van der Waals surface area contributed by atoms with E-state index in [0.29, 0.717) is 16.7 Å². The molecule has 0 aromatic heterocycles. The first-order chi connectivity index (χ1) is 10.1. The number of nitrogens with one attached hydrogen (secondary N) is 2. The molecule has 0 spiro atoms. The van der Waals surface area contributed by atoms with Gasteiger partial charge in [-0.15, -0.1) is 0 Å². The topological polar surface area (TPSA) is 50.4 Å². The van der Waals surface area contributed by atoms with E-state index in [1.165, 1.54) is 0 Å². The lowest BCUT2D eigenvalue weighted by Gasteiger charge is -2.38. The van der Waals surface area contributed by atoms with E-state index in [0.717, 1.165) is 37.9 Å². The first-order valence-electron chi connectivity index (χ1n) is 7.08. The summed E-state index contributed by atoms with van der Waals surface area (Å²) in [4.78, 5) is 11.2. The number of rotatable bonds is 4. The number of carbonyl (C=O) groups is 1. The largest absolute Gasteiger partial charge is 0.450 e. The Morgan fingerprint density at radius 3 is 2.86 bits per heavy atom. The van der Waals surface area contributed by atoms with Crippen LogP contribution in [-0.2, 0) is 10.2 Å². The van der Waals surface area contributed by atoms with Crippen molar-refractivity contribution >= 4 is 29.3 Å². The van der Waals surface area contributed by atoms with Gasteiger partial charge in [0.2, 0.25) is 0 Å². The van der Waals surface area contributed by atoms with E-state index in [9.17, 15) is 4.79 Å². The Hall–Kier alpha value is -0.970. The second kappa shape index (κ2) is 7.34. The van der Waals surface area contributed by atoms with E-state index in [1.807, 2.05) is 18.2 Å². The molecule has 0 bridgehead atoms. The Morgan fingerprint density at radius 1 is 1.43 bits per heavy atom. The maximum atomic E-state index is 11.2. The average molecular weight is 331 g/mol. The van der Waals surface area contributed by atoms with Gasteiger partial charge in [0.05, 0.1) is 16.7 Å². The molecule has 1 fully saturated rings. The molecule has 1 unspecified atom stereocenters. The summed E-state index contributed by atoms with van der Waals surface area (Å²) in [6.45, 7) is 2.24. The number of hydrogen-bond donors (Lipinski definition) is 2. The second-order valence-electron chi connectivity index (χ2n) is 5.33. The molecule has 6 heteroatoms. The smallest absolute Gasteiger partial charge is 0.406 e. The molecule has 0 saturated carbocycles. The molecule has 1 heterocycles. The van der Waals surface area contributed by atoms with Gasteiger partial charge in [0.15, 0.2) is 0 Å². The summed E-state index contributed by atoms with van der Waals surface area (Å²) in [6, 6.07) is 5.77. The van der Waals surface area contributed by atoms with Gasteiger partial charge in [0.25, 0.3) is 0 Å². The summed E-state index contributed by atoms with van der Waals surface area (Å²) in [5.41, 5.74) is 1.07. The van der Waals surface area contributed by atoms with Crippen LogP contribution in [0.1, 0.15) is 24.8 Å². The third kappa shape index (κ3) is 4.02. The van der Waals surface area contributed by atoms with Crippen LogP contribution < -0.4 is 10.6 Å². The predicted molar refractivity (Wildman–Crippen MR) is 85.3 cm³/mol. The van der Waals surface area contributed by atoms with Crippen LogP contribution in [0.3, 0.4) is 0 Å². The number of carbonyl (C=O) groups excluding carboxylic acids is 1. The summed E-state index contributed by atoms with van der Waals surface area (Å²) >= 11 is 12.2. The highest BCUT2D eigenvalue weighted by molar-refractivity contribution is 6.42. The van der Waals surface area contributed by atoms with Gasteiger partial charge in [-0.1, -0.05) is 29.3 Å².